The van der Waals surface area contributed by atoms with Crippen molar-refractivity contribution in [2.75, 3.05) is 6.26 Å². The molecular formula is C13H13ClF3N3O4S. The lowest BCUT2D eigenvalue weighted by atomic mass is 10.2. The highest BCUT2D eigenvalue weighted by Gasteiger charge is 2.25. The van der Waals surface area contributed by atoms with Crippen LogP contribution in [0.15, 0.2) is 10.9 Å². The SMILES string of the molecule is Cc1c(-c2c(F)cc(Cl)c(=O)n2CS(C)(=O)=O)nn(C)c1OC(F)F. The Bertz CT molecular complexity index is 985. The molecule has 0 saturated heterocycles. The number of sulfone groups is 1. The van der Waals surface area contributed by atoms with Crippen LogP contribution < -0.4 is 10.3 Å². The molecule has 7 nitrogen and oxygen atoms in total. The molecular weight excluding hydrogens is 387 g/mol. The zero-order valence-electron chi connectivity index (χ0n) is 13.3. The van der Waals surface area contributed by atoms with Gasteiger partial charge >= 0.3 is 6.61 Å². The fourth-order valence-electron chi connectivity index (χ4n) is 2.29. The number of rotatable bonds is 5. The van der Waals surface area contributed by atoms with Crippen LogP contribution in [0.1, 0.15) is 5.56 Å². The van der Waals surface area contributed by atoms with Crippen LogP contribution in [-0.2, 0) is 22.8 Å². The van der Waals surface area contributed by atoms with E-state index in [-0.39, 0.29) is 17.1 Å². The summed E-state index contributed by atoms with van der Waals surface area (Å²) in [5, 5.41) is 3.35. The van der Waals surface area contributed by atoms with E-state index < -0.39 is 44.4 Å². The number of aryl methyl sites for hydroxylation is 1. The molecule has 2 rings (SSSR count). The lowest BCUT2D eigenvalue weighted by molar-refractivity contribution is -0.0557. The molecule has 12 heteroatoms. The molecule has 0 aromatic carbocycles. The number of hydrogen-bond acceptors (Lipinski definition) is 5. The van der Waals surface area contributed by atoms with Crippen molar-refractivity contribution in [2.45, 2.75) is 19.4 Å². The summed E-state index contributed by atoms with van der Waals surface area (Å²) in [6.07, 6.45) is 0.846. The number of alkyl halides is 2. The molecule has 2 heterocycles. The van der Waals surface area contributed by atoms with E-state index in [4.69, 9.17) is 11.6 Å². The van der Waals surface area contributed by atoms with Crippen LogP contribution in [-0.4, -0.2) is 35.6 Å². The fourth-order valence-corrected chi connectivity index (χ4v) is 3.20. The van der Waals surface area contributed by atoms with Crippen molar-refractivity contribution < 1.29 is 26.3 Å². The van der Waals surface area contributed by atoms with Gasteiger partial charge in [0.2, 0.25) is 5.88 Å². The Hall–Kier alpha value is -2.01. The number of hydrogen-bond donors (Lipinski definition) is 0. The van der Waals surface area contributed by atoms with Crippen molar-refractivity contribution in [3.63, 3.8) is 0 Å². The van der Waals surface area contributed by atoms with Gasteiger partial charge in [0.15, 0.2) is 15.7 Å². The predicted octanol–water partition coefficient (Wildman–Crippen LogP) is 1.95. The topological polar surface area (TPSA) is 83.2 Å². The first kappa shape index (κ1) is 19.3. The van der Waals surface area contributed by atoms with Crippen molar-refractivity contribution in [3.8, 4) is 17.3 Å². The van der Waals surface area contributed by atoms with Gasteiger partial charge in [-0.05, 0) is 6.92 Å². The molecule has 0 aliphatic heterocycles. The zero-order valence-corrected chi connectivity index (χ0v) is 14.8. The summed E-state index contributed by atoms with van der Waals surface area (Å²) in [5.74, 6) is -2.24. The minimum absolute atomic E-state index is 0.00525. The van der Waals surface area contributed by atoms with Gasteiger partial charge in [0.25, 0.3) is 5.56 Å². The first-order valence-electron chi connectivity index (χ1n) is 6.67. The van der Waals surface area contributed by atoms with Gasteiger partial charge in [-0.25, -0.2) is 17.5 Å². The number of ether oxygens (including phenoxy) is 1. The Kier molecular flexibility index (Phi) is 5.19. The average molecular weight is 400 g/mol. The summed E-state index contributed by atoms with van der Waals surface area (Å²) in [6, 6.07) is 0.708. The van der Waals surface area contributed by atoms with Gasteiger partial charge in [-0.2, -0.15) is 13.9 Å². The minimum Gasteiger partial charge on any atom is -0.417 e. The van der Waals surface area contributed by atoms with Crippen LogP contribution in [0.2, 0.25) is 5.02 Å². The predicted molar refractivity (Wildman–Crippen MR) is 84.1 cm³/mol. The van der Waals surface area contributed by atoms with E-state index >= 15 is 0 Å². The monoisotopic (exact) mass is 399 g/mol. The number of aromatic nitrogens is 3. The van der Waals surface area contributed by atoms with Crippen LogP contribution >= 0.6 is 11.6 Å². The molecule has 2 aromatic rings. The highest BCUT2D eigenvalue weighted by molar-refractivity contribution is 7.89. The molecule has 0 saturated carbocycles. The summed E-state index contributed by atoms with van der Waals surface area (Å²) < 4.78 is 68.5. The minimum atomic E-state index is -3.75. The highest BCUT2D eigenvalue weighted by Crippen LogP contribution is 2.32. The van der Waals surface area contributed by atoms with E-state index in [0.29, 0.717) is 10.6 Å². The maximum Gasteiger partial charge on any atom is 0.388 e. The van der Waals surface area contributed by atoms with Crippen LogP contribution in [0.25, 0.3) is 11.4 Å². The highest BCUT2D eigenvalue weighted by atomic mass is 35.5. The molecule has 0 spiro atoms. The lowest BCUT2D eigenvalue weighted by Gasteiger charge is -2.12. The number of pyridine rings is 1. The van der Waals surface area contributed by atoms with E-state index in [9.17, 15) is 26.4 Å². The molecule has 0 N–H and O–H groups in total. The second kappa shape index (κ2) is 6.71. The van der Waals surface area contributed by atoms with E-state index in [0.717, 1.165) is 10.9 Å². The van der Waals surface area contributed by atoms with Crippen molar-refractivity contribution in [2.24, 2.45) is 7.05 Å². The smallest absolute Gasteiger partial charge is 0.388 e. The first-order chi connectivity index (χ1) is 11.4. The normalized spacial score (nSPS) is 12.0. The molecule has 0 aliphatic carbocycles. The van der Waals surface area contributed by atoms with Gasteiger partial charge < -0.3 is 4.74 Å². The average Bonchev–Trinajstić information content (AvgIpc) is 2.71. The van der Waals surface area contributed by atoms with Gasteiger partial charge in [0.1, 0.15) is 22.3 Å². The Balaban J connectivity index is 2.80. The zero-order chi connectivity index (χ0) is 19.1. The third kappa shape index (κ3) is 3.98. The molecule has 0 atom stereocenters. The van der Waals surface area contributed by atoms with Crippen LogP contribution in [0.3, 0.4) is 0 Å². The molecule has 0 amide bonds. The van der Waals surface area contributed by atoms with Gasteiger partial charge in [-0.3, -0.25) is 9.36 Å². The molecule has 0 bridgehead atoms. The van der Waals surface area contributed by atoms with Crippen LogP contribution in [0, 0.1) is 12.7 Å². The molecule has 138 valence electrons. The van der Waals surface area contributed by atoms with Crippen molar-refractivity contribution in [1.29, 1.82) is 0 Å². The van der Waals surface area contributed by atoms with E-state index in [2.05, 4.69) is 9.84 Å². The van der Waals surface area contributed by atoms with Crippen molar-refractivity contribution in [1.82, 2.24) is 14.3 Å². The molecule has 2 aromatic heterocycles. The van der Waals surface area contributed by atoms with Crippen molar-refractivity contribution in [3.05, 3.63) is 32.8 Å². The summed E-state index contributed by atoms with van der Waals surface area (Å²) in [5.41, 5.74) is -1.65. The van der Waals surface area contributed by atoms with E-state index in [1.54, 1.807) is 0 Å². The summed E-state index contributed by atoms with van der Waals surface area (Å²) in [4.78, 5) is 12.2. The Morgan fingerprint density at radius 3 is 2.52 bits per heavy atom. The largest absolute Gasteiger partial charge is 0.417 e. The third-order valence-electron chi connectivity index (χ3n) is 3.21. The van der Waals surface area contributed by atoms with Gasteiger partial charge in [0.05, 0.1) is 0 Å². The standard InChI is InChI=1S/C13H13ClF3N3O4S/c1-6-9(18-19(2)12(6)24-13(16)17)10-8(15)4-7(14)11(21)20(10)5-25(3,22)23/h4,13H,5H2,1-3H3. The molecule has 25 heavy (non-hydrogen) atoms. The van der Waals surface area contributed by atoms with E-state index in [1.165, 1.54) is 14.0 Å². The Labute approximate surface area is 145 Å². The number of halogens is 4. The second-order valence-corrected chi connectivity index (χ2v) is 7.77. The molecule has 0 unspecified atom stereocenters. The van der Waals surface area contributed by atoms with Gasteiger partial charge in [-0.1, -0.05) is 11.6 Å². The Morgan fingerprint density at radius 1 is 1.40 bits per heavy atom. The maximum absolute atomic E-state index is 14.5. The summed E-state index contributed by atoms with van der Waals surface area (Å²) >= 11 is 5.63. The molecule has 0 aliphatic rings. The maximum atomic E-state index is 14.5. The second-order valence-electron chi connectivity index (χ2n) is 5.26. The fraction of sp³-hybridized carbons (Fsp3) is 0.385. The van der Waals surface area contributed by atoms with Gasteiger partial charge in [-0.15, -0.1) is 0 Å². The van der Waals surface area contributed by atoms with Crippen molar-refractivity contribution >= 4 is 21.4 Å². The summed E-state index contributed by atoms with van der Waals surface area (Å²) in [6.45, 7) is -1.82. The Morgan fingerprint density at radius 2 is 2.00 bits per heavy atom. The third-order valence-corrected chi connectivity index (χ3v) is 4.21. The quantitative estimate of drug-likeness (QED) is 0.767. The molecule has 0 fully saturated rings. The van der Waals surface area contributed by atoms with E-state index in [1.807, 2.05) is 0 Å². The first-order valence-corrected chi connectivity index (χ1v) is 9.11. The van der Waals surface area contributed by atoms with Crippen LogP contribution in [0.5, 0.6) is 5.88 Å². The van der Waals surface area contributed by atoms with Gasteiger partial charge in [0, 0.05) is 24.9 Å². The number of nitrogens with zero attached hydrogens (tertiary/aromatic N) is 3. The molecule has 0 radical (unpaired) electrons. The lowest BCUT2D eigenvalue weighted by Crippen LogP contribution is -2.27. The summed E-state index contributed by atoms with van der Waals surface area (Å²) in [7, 11) is -2.47. The van der Waals surface area contributed by atoms with Crippen LogP contribution in [0.4, 0.5) is 13.2 Å².